The monoisotopic (exact) mass is 436 g/mol. The third-order valence-corrected chi connectivity index (χ3v) is 7.94. The molecule has 0 aliphatic heterocycles. The van der Waals surface area contributed by atoms with Crippen LogP contribution < -0.4 is 0 Å². The molecule has 2 atom stereocenters. The van der Waals surface area contributed by atoms with Crippen molar-refractivity contribution in [2.45, 2.75) is 65.2 Å². The van der Waals surface area contributed by atoms with Crippen LogP contribution in [-0.4, -0.2) is 27.4 Å². The predicted molar refractivity (Wildman–Crippen MR) is 135 cm³/mol. The average molecular weight is 437 g/mol. The molecule has 1 fully saturated rings. The van der Waals surface area contributed by atoms with Crippen molar-refractivity contribution in [3.05, 3.63) is 71.8 Å². The van der Waals surface area contributed by atoms with Crippen LogP contribution in [-0.2, 0) is 22.3 Å². The lowest BCUT2D eigenvalue weighted by molar-refractivity contribution is -0.0684. The lowest BCUT2D eigenvalue weighted by Gasteiger charge is -2.47. The molecule has 0 amide bonds. The number of hydrogen-bond acceptors (Lipinski definition) is 2. The first-order valence-electron chi connectivity index (χ1n) is 12.6. The third-order valence-electron chi connectivity index (χ3n) is 7.94. The van der Waals surface area contributed by atoms with E-state index in [1.165, 1.54) is 43.2 Å². The molecule has 0 spiro atoms. The third kappa shape index (κ3) is 6.68. The molecule has 0 radical (unpaired) electrons. The zero-order chi connectivity index (χ0) is 22.9. The first kappa shape index (κ1) is 25.0. The molecular weight excluding hydrogens is 392 g/mol. The molecule has 0 heterocycles. The van der Waals surface area contributed by atoms with Crippen molar-refractivity contribution in [1.29, 1.82) is 0 Å². The SMILES string of the molecule is COCC(CCC(C)(Cc1ccccc1)Cc1ccccc1)(COC)C1CCCCC1C. The minimum absolute atomic E-state index is 0.0952. The molecule has 2 aromatic rings. The van der Waals surface area contributed by atoms with E-state index in [1.54, 1.807) is 0 Å². The van der Waals surface area contributed by atoms with Gasteiger partial charge in [-0.25, -0.2) is 0 Å². The molecule has 176 valence electrons. The summed E-state index contributed by atoms with van der Waals surface area (Å²) in [5.74, 6) is 1.41. The van der Waals surface area contributed by atoms with Crippen LogP contribution in [0, 0.1) is 22.7 Å². The fraction of sp³-hybridized carbons (Fsp3) is 0.600. The Bertz CT molecular complexity index is 722. The van der Waals surface area contributed by atoms with Gasteiger partial charge in [0.25, 0.3) is 0 Å². The summed E-state index contributed by atoms with van der Waals surface area (Å²) in [7, 11) is 3.73. The van der Waals surface area contributed by atoms with Crippen LogP contribution in [0.3, 0.4) is 0 Å². The van der Waals surface area contributed by atoms with Gasteiger partial charge in [0.2, 0.25) is 0 Å². The van der Waals surface area contributed by atoms with Crippen molar-refractivity contribution in [2.24, 2.45) is 22.7 Å². The van der Waals surface area contributed by atoms with E-state index in [2.05, 4.69) is 74.5 Å². The van der Waals surface area contributed by atoms with Crippen LogP contribution in [0.25, 0.3) is 0 Å². The summed E-state index contributed by atoms with van der Waals surface area (Å²) in [4.78, 5) is 0. The normalized spacial score (nSPS) is 19.8. The van der Waals surface area contributed by atoms with E-state index < -0.39 is 0 Å². The Morgan fingerprint density at radius 2 is 1.25 bits per heavy atom. The number of ether oxygens (including phenoxy) is 2. The Morgan fingerprint density at radius 1 is 0.750 bits per heavy atom. The second-order valence-electron chi connectivity index (χ2n) is 10.7. The Labute approximate surface area is 196 Å². The van der Waals surface area contributed by atoms with E-state index >= 15 is 0 Å². The summed E-state index contributed by atoms with van der Waals surface area (Å²) in [6, 6.07) is 22.0. The van der Waals surface area contributed by atoms with Crippen LogP contribution in [0.4, 0.5) is 0 Å². The molecule has 1 aliphatic rings. The van der Waals surface area contributed by atoms with Gasteiger partial charge in [0, 0.05) is 19.6 Å². The molecule has 2 heteroatoms. The van der Waals surface area contributed by atoms with Gasteiger partial charge in [0.15, 0.2) is 0 Å². The highest BCUT2D eigenvalue weighted by Crippen LogP contribution is 2.48. The maximum atomic E-state index is 5.88. The fourth-order valence-corrected chi connectivity index (χ4v) is 6.35. The molecule has 1 saturated carbocycles. The van der Waals surface area contributed by atoms with E-state index in [-0.39, 0.29) is 10.8 Å². The van der Waals surface area contributed by atoms with Crippen molar-refractivity contribution < 1.29 is 9.47 Å². The highest BCUT2D eigenvalue weighted by atomic mass is 16.5. The summed E-state index contributed by atoms with van der Waals surface area (Å²) < 4.78 is 11.8. The number of rotatable bonds is 12. The van der Waals surface area contributed by atoms with Crippen molar-refractivity contribution in [1.82, 2.24) is 0 Å². The Morgan fingerprint density at radius 3 is 1.72 bits per heavy atom. The Hall–Kier alpha value is -1.64. The van der Waals surface area contributed by atoms with Crippen LogP contribution >= 0.6 is 0 Å². The molecule has 2 aromatic carbocycles. The van der Waals surface area contributed by atoms with Crippen LogP contribution in [0.15, 0.2) is 60.7 Å². The zero-order valence-corrected chi connectivity index (χ0v) is 20.8. The smallest absolute Gasteiger partial charge is 0.0543 e. The molecule has 1 aliphatic carbocycles. The molecule has 2 unspecified atom stereocenters. The first-order chi connectivity index (χ1) is 15.5. The first-order valence-corrected chi connectivity index (χ1v) is 12.6. The van der Waals surface area contributed by atoms with Gasteiger partial charge in [0.05, 0.1) is 13.2 Å². The van der Waals surface area contributed by atoms with E-state index in [1.807, 2.05) is 14.2 Å². The van der Waals surface area contributed by atoms with Gasteiger partial charge >= 0.3 is 0 Å². The summed E-state index contributed by atoms with van der Waals surface area (Å²) in [6.07, 6.45) is 9.88. The van der Waals surface area contributed by atoms with Crippen molar-refractivity contribution in [2.75, 3.05) is 27.4 Å². The fourth-order valence-electron chi connectivity index (χ4n) is 6.35. The summed E-state index contributed by atoms with van der Waals surface area (Å²) in [5, 5.41) is 0. The second kappa shape index (κ2) is 12.0. The highest BCUT2D eigenvalue weighted by Gasteiger charge is 2.43. The maximum absolute atomic E-state index is 5.88. The van der Waals surface area contributed by atoms with E-state index in [0.29, 0.717) is 5.92 Å². The molecule has 32 heavy (non-hydrogen) atoms. The molecule has 2 nitrogen and oxygen atoms in total. The highest BCUT2D eigenvalue weighted by molar-refractivity contribution is 5.20. The van der Waals surface area contributed by atoms with Gasteiger partial charge in [0.1, 0.15) is 0 Å². The minimum Gasteiger partial charge on any atom is -0.384 e. The van der Waals surface area contributed by atoms with Crippen LogP contribution in [0.5, 0.6) is 0 Å². The van der Waals surface area contributed by atoms with Gasteiger partial charge in [-0.1, -0.05) is 93.8 Å². The number of methoxy groups -OCH3 is 2. The van der Waals surface area contributed by atoms with Crippen molar-refractivity contribution in [3.63, 3.8) is 0 Å². The van der Waals surface area contributed by atoms with Crippen molar-refractivity contribution in [3.8, 4) is 0 Å². The topological polar surface area (TPSA) is 18.5 Å². The molecule has 0 bridgehead atoms. The maximum Gasteiger partial charge on any atom is 0.0543 e. The summed E-state index contributed by atoms with van der Waals surface area (Å²) in [5.41, 5.74) is 3.15. The summed E-state index contributed by atoms with van der Waals surface area (Å²) in [6.45, 7) is 6.53. The summed E-state index contributed by atoms with van der Waals surface area (Å²) >= 11 is 0. The minimum atomic E-state index is 0.0952. The molecule has 0 N–H and O–H groups in total. The van der Waals surface area contributed by atoms with Gasteiger partial charge < -0.3 is 9.47 Å². The quantitative estimate of drug-likeness (QED) is 0.346. The molecule has 3 rings (SSSR count). The van der Waals surface area contributed by atoms with Gasteiger partial charge in [-0.05, 0) is 60.5 Å². The average Bonchev–Trinajstić information content (AvgIpc) is 2.79. The van der Waals surface area contributed by atoms with Crippen LogP contribution in [0.1, 0.15) is 63.5 Å². The lowest BCUT2D eigenvalue weighted by atomic mass is 9.61. The largest absolute Gasteiger partial charge is 0.384 e. The van der Waals surface area contributed by atoms with E-state index in [0.717, 1.165) is 38.4 Å². The number of hydrogen-bond donors (Lipinski definition) is 0. The lowest BCUT2D eigenvalue weighted by Crippen LogP contribution is -2.44. The Kier molecular flexibility index (Phi) is 9.37. The van der Waals surface area contributed by atoms with Crippen LogP contribution in [0.2, 0.25) is 0 Å². The predicted octanol–water partition coefficient (Wildman–Crippen LogP) is 7.36. The Balaban J connectivity index is 1.86. The van der Waals surface area contributed by atoms with E-state index in [4.69, 9.17) is 9.47 Å². The van der Waals surface area contributed by atoms with Gasteiger partial charge in [-0.3, -0.25) is 0 Å². The van der Waals surface area contributed by atoms with Gasteiger partial charge in [-0.15, -0.1) is 0 Å². The standard InChI is InChI=1S/C30H44O2/c1-25-13-11-12-18-28(25)30(23-31-3,24-32-4)20-19-29(2,21-26-14-7-5-8-15-26)22-27-16-9-6-10-17-27/h5-10,14-17,25,28H,11-13,18-24H2,1-4H3. The van der Waals surface area contributed by atoms with Gasteiger partial charge in [-0.2, -0.15) is 0 Å². The van der Waals surface area contributed by atoms with Crippen molar-refractivity contribution >= 4 is 0 Å². The zero-order valence-electron chi connectivity index (χ0n) is 20.8. The number of benzene rings is 2. The molecule has 0 saturated heterocycles. The molecule has 0 aromatic heterocycles. The molecular formula is C30H44O2. The van der Waals surface area contributed by atoms with E-state index in [9.17, 15) is 0 Å². The second-order valence-corrected chi connectivity index (χ2v) is 10.7.